The van der Waals surface area contributed by atoms with Crippen LogP contribution in [0.2, 0.25) is 0 Å². The van der Waals surface area contributed by atoms with Crippen LogP contribution in [0.4, 0.5) is 0 Å². The summed E-state index contributed by atoms with van der Waals surface area (Å²) in [6, 6.07) is 17.0. The molecule has 0 amide bonds. The van der Waals surface area contributed by atoms with Crippen molar-refractivity contribution >= 4 is 43.9 Å². The lowest BCUT2D eigenvalue weighted by Crippen LogP contribution is -2.00. The lowest BCUT2D eigenvalue weighted by atomic mass is 9.98. The zero-order chi connectivity index (χ0) is 45.2. The molecule has 0 bridgehead atoms. The monoisotopic (exact) mass is 655 g/mol. The molecule has 3 heterocycles. The quantitative estimate of drug-likeness (QED) is 0.185. The van der Waals surface area contributed by atoms with Crippen molar-refractivity contribution in [2.24, 2.45) is 0 Å². The van der Waals surface area contributed by atoms with Crippen LogP contribution in [0, 0.1) is 0 Å². The van der Waals surface area contributed by atoms with Crippen molar-refractivity contribution in [1.29, 1.82) is 0 Å². The molecule has 0 saturated carbocycles. The van der Waals surface area contributed by atoms with E-state index in [4.69, 9.17) is 30.3 Å². The Kier molecular flexibility index (Phi) is 3.99. The average Bonchev–Trinajstić information content (AvgIpc) is 3.92. The van der Waals surface area contributed by atoms with Crippen LogP contribution >= 0.6 is 0 Å². The smallest absolute Gasteiger partial charge is 0.167 e. The van der Waals surface area contributed by atoms with E-state index in [9.17, 15) is 2.74 Å². The number of benzene rings is 7. The zero-order valence-corrected chi connectivity index (χ0v) is 25.7. The summed E-state index contributed by atoms with van der Waals surface area (Å²) in [7, 11) is 0. The Bertz CT molecular complexity index is 3670. The van der Waals surface area contributed by atoms with Gasteiger partial charge in [0.05, 0.1) is 24.8 Å². The second kappa shape index (κ2) is 11.4. The third-order valence-corrected chi connectivity index (χ3v) is 8.35. The van der Waals surface area contributed by atoms with Crippen LogP contribution < -0.4 is 0 Å². The SMILES string of the molecule is [2H]c1c([2H])c([2H])c2c(oc3c([2H])c(-c4nc(-c5ccc(-c6cccc(-c7ccccc7)c6)cc5)nc(-c5c([2H])c([2H])c([2H])c6c5oc5c([2H])c([2H])c([2H])c([2H])c56)n4)c([2H])c([2H])c32)c1[2H]. The first-order chi connectivity index (χ1) is 30.6. The van der Waals surface area contributed by atoms with Gasteiger partial charge in [-0.15, -0.1) is 0 Å². The molecule has 50 heavy (non-hydrogen) atoms. The Labute approximate surface area is 306 Å². The third kappa shape index (κ3) is 4.75. The molecule has 0 radical (unpaired) electrons. The van der Waals surface area contributed by atoms with Crippen LogP contribution in [0.1, 0.15) is 19.2 Å². The maximum Gasteiger partial charge on any atom is 0.167 e. The molecule has 0 aliphatic rings. The molecule has 0 unspecified atom stereocenters. The number of hydrogen-bond acceptors (Lipinski definition) is 5. The van der Waals surface area contributed by atoms with Gasteiger partial charge in [0, 0.05) is 32.7 Å². The number of nitrogens with zero attached hydrogens (tertiary/aromatic N) is 3. The van der Waals surface area contributed by atoms with Crippen molar-refractivity contribution in [3.05, 3.63) is 163 Å². The van der Waals surface area contributed by atoms with Crippen LogP contribution in [-0.4, -0.2) is 15.0 Å². The molecule has 0 aliphatic heterocycles. The number of para-hydroxylation sites is 3. The lowest BCUT2D eigenvalue weighted by molar-refractivity contribution is 0.668. The largest absolute Gasteiger partial charge is 0.456 e. The van der Waals surface area contributed by atoms with E-state index >= 15 is 0 Å². The minimum absolute atomic E-state index is 0.0615. The molecular weight excluding hydrogens is 615 g/mol. The van der Waals surface area contributed by atoms with Crippen LogP contribution in [0.15, 0.2) is 172 Å². The zero-order valence-electron chi connectivity index (χ0n) is 39.7. The maximum atomic E-state index is 9.34. The van der Waals surface area contributed by atoms with Crippen LogP contribution in [0.25, 0.3) is 100 Å². The highest BCUT2D eigenvalue weighted by Crippen LogP contribution is 2.37. The molecule has 0 spiro atoms. The van der Waals surface area contributed by atoms with Gasteiger partial charge in [-0.1, -0.05) is 127 Å². The predicted octanol–water partition coefficient (Wildman–Crippen LogP) is 12.0. The molecule has 10 rings (SSSR count). The van der Waals surface area contributed by atoms with E-state index in [1.807, 2.05) is 66.7 Å². The van der Waals surface area contributed by atoms with E-state index in [0.29, 0.717) is 5.56 Å². The predicted molar refractivity (Wildman–Crippen MR) is 202 cm³/mol. The molecule has 234 valence electrons. The molecule has 0 N–H and O–H groups in total. The van der Waals surface area contributed by atoms with Crippen molar-refractivity contribution in [2.45, 2.75) is 0 Å². The van der Waals surface area contributed by atoms with Crippen LogP contribution in [-0.2, 0) is 0 Å². The van der Waals surface area contributed by atoms with Gasteiger partial charge in [0.25, 0.3) is 0 Å². The maximum absolute atomic E-state index is 9.34. The Morgan fingerprint density at radius 1 is 0.400 bits per heavy atom. The molecule has 3 aromatic heterocycles. The highest BCUT2D eigenvalue weighted by atomic mass is 16.3. The van der Waals surface area contributed by atoms with E-state index in [2.05, 4.69) is 9.97 Å². The van der Waals surface area contributed by atoms with Crippen molar-refractivity contribution in [1.82, 2.24) is 15.0 Å². The Balaban J connectivity index is 1.25. The second-order valence-corrected chi connectivity index (χ2v) is 11.4. The van der Waals surface area contributed by atoms with Crippen molar-refractivity contribution in [3.63, 3.8) is 0 Å². The number of hydrogen-bond donors (Lipinski definition) is 0. The highest BCUT2D eigenvalue weighted by Gasteiger charge is 2.18. The normalized spacial score (nSPS) is 15.5. The van der Waals surface area contributed by atoms with Gasteiger partial charge < -0.3 is 8.83 Å². The Hall–Kier alpha value is -6.85. The molecule has 0 saturated heterocycles. The fourth-order valence-electron chi connectivity index (χ4n) is 5.94. The van der Waals surface area contributed by atoms with Crippen molar-refractivity contribution < 1.29 is 28.0 Å². The molecule has 10 aromatic rings. The molecule has 7 aromatic carbocycles. The second-order valence-electron chi connectivity index (χ2n) is 11.4. The molecule has 5 heteroatoms. The molecule has 0 fully saturated rings. The lowest BCUT2D eigenvalue weighted by Gasteiger charge is -2.10. The van der Waals surface area contributed by atoms with Crippen LogP contribution in [0.5, 0.6) is 0 Å². The summed E-state index contributed by atoms with van der Waals surface area (Å²) < 4.78 is 134. The Morgan fingerprint density at radius 3 is 1.76 bits per heavy atom. The van der Waals surface area contributed by atoms with Gasteiger partial charge in [-0.05, 0) is 58.5 Å². The summed E-state index contributed by atoms with van der Waals surface area (Å²) in [6.45, 7) is 0. The first kappa shape index (κ1) is 17.5. The van der Waals surface area contributed by atoms with Crippen LogP contribution in [0.3, 0.4) is 0 Å². The first-order valence-corrected chi connectivity index (χ1v) is 15.5. The fourth-order valence-corrected chi connectivity index (χ4v) is 5.94. The van der Waals surface area contributed by atoms with Gasteiger partial charge >= 0.3 is 0 Å². The Morgan fingerprint density at radius 2 is 0.980 bits per heavy atom. The first-order valence-electron chi connectivity index (χ1n) is 22.5. The number of fused-ring (bicyclic) bond motifs is 6. The van der Waals surface area contributed by atoms with Gasteiger partial charge in [-0.2, -0.15) is 0 Å². The minimum Gasteiger partial charge on any atom is -0.456 e. The summed E-state index contributed by atoms with van der Waals surface area (Å²) in [5.74, 6) is -0.792. The average molecular weight is 656 g/mol. The van der Waals surface area contributed by atoms with E-state index in [0.717, 1.165) is 22.3 Å². The summed E-state index contributed by atoms with van der Waals surface area (Å²) in [5, 5.41) is -0.746. The van der Waals surface area contributed by atoms with Gasteiger partial charge in [0.2, 0.25) is 0 Å². The summed E-state index contributed by atoms with van der Waals surface area (Å²) >= 11 is 0. The van der Waals surface area contributed by atoms with Gasteiger partial charge in [0.1, 0.15) is 22.3 Å². The highest BCUT2D eigenvalue weighted by molar-refractivity contribution is 6.09. The molecular formula is C45H27N3O2. The number of furan rings is 2. The standard InChI is InChI=1S/C45H27N3O2/c1-2-10-28(11-3-1)31-12-8-13-32(26-31)29-20-22-30(23-21-29)43-46-44(33-24-25-36-34-14-4-6-18-39(34)49-41(36)27-33)48-45(47-43)38-17-9-16-37-35-15-5-7-19-40(35)50-42(37)38/h1-27H/i4D,5D,6D,7D,9D,14D,15D,16D,17D,18D,19D,24D,25D,27D. The molecule has 5 nitrogen and oxygen atoms in total. The summed E-state index contributed by atoms with van der Waals surface area (Å²) in [5.41, 5.74) is 2.25. The molecule has 0 aliphatic carbocycles. The third-order valence-electron chi connectivity index (χ3n) is 8.35. The van der Waals surface area contributed by atoms with E-state index in [1.165, 1.54) is 0 Å². The van der Waals surface area contributed by atoms with E-state index in [1.54, 1.807) is 12.1 Å². The van der Waals surface area contributed by atoms with E-state index in [-0.39, 0.29) is 72.5 Å². The number of rotatable bonds is 5. The van der Waals surface area contributed by atoms with Gasteiger partial charge in [-0.3, -0.25) is 0 Å². The number of aromatic nitrogens is 3. The fraction of sp³-hybridized carbons (Fsp3) is 0. The topological polar surface area (TPSA) is 65.0 Å². The van der Waals surface area contributed by atoms with Gasteiger partial charge in [0.15, 0.2) is 17.5 Å². The molecule has 0 atom stereocenters. The minimum atomic E-state index is -0.636. The summed E-state index contributed by atoms with van der Waals surface area (Å²) in [4.78, 5) is 14.0. The van der Waals surface area contributed by atoms with E-state index < -0.39 is 84.6 Å². The van der Waals surface area contributed by atoms with Crippen molar-refractivity contribution in [2.75, 3.05) is 0 Å². The van der Waals surface area contributed by atoms with Crippen molar-refractivity contribution in [3.8, 4) is 56.4 Å². The van der Waals surface area contributed by atoms with Gasteiger partial charge in [-0.25, -0.2) is 15.0 Å². The summed E-state index contributed by atoms with van der Waals surface area (Å²) in [6.07, 6.45) is 0.